The zero-order chi connectivity index (χ0) is 34.0. The number of thiazole rings is 1. The average molecular weight is 655 g/mol. The number of nitrogens with one attached hydrogen (secondary N) is 1. The number of ether oxygens (including phenoxy) is 1. The fraction of sp³-hybridized carbons (Fsp3) is 0.639. The number of hydrogen-bond donors (Lipinski definition) is 1. The third-order valence-electron chi connectivity index (χ3n) is 8.90. The van der Waals surface area contributed by atoms with Crippen LogP contribution in [0, 0.1) is 17.8 Å². The van der Waals surface area contributed by atoms with E-state index in [1.54, 1.807) is 17.3 Å². The number of aromatic nitrogens is 1. The minimum Gasteiger partial charge on any atom is -0.455 e. The maximum atomic E-state index is 13.6. The van der Waals surface area contributed by atoms with Gasteiger partial charge in [0, 0.05) is 50.2 Å². The number of Topliss-reactive ketones (excluding diaryl/α,β-unsaturated/α-hetero) is 1. The highest BCUT2D eigenvalue weighted by Crippen LogP contribution is 2.31. The lowest BCUT2D eigenvalue weighted by atomic mass is 9.91. The minimum absolute atomic E-state index is 0.0388. The Hall–Kier alpha value is -3.11. The second kappa shape index (κ2) is 17.7. The molecule has 254 valence electrons. The molecule has 1 fully saturated rings. The first-order chi connectivity index (χ1) is 21.8. The smallest absolute Gasteiger partial charge is 0.303 e. The molecular formula is C36H54N4O5S. The Balaban J connectivity index is 1.72. The number of piperidine rings is 1. The van der Waals surface area contributed by atoms with Gasteiger partial charge in [-0.15, -0.1) is 11.3 Å². The van der Waals surface area contributed by atoms with Crippen LogP contribution < -0.4 is 5.32 Å². The Kier molecular flexibility index (Phi) is 14.4. The molecule has 9 nitrogen and oxygen atoms in total. The number of carbonyl (C=O) groups excluding carboxylic acids is 4. The van der Waals surface area contributed by atoms with Crippen LogP contribution in [0.5, 0.6) is 0 Å². The van der Waals surface area contributed by atoms with Crippen molar-refractivity contribution < 1.29 is 23.9 Å². The van der Waals surface area contributed by atoms with Gasteiger partial charge in [0.1, 0.15) is 10.7 Å². The topological polar surface area (TPSA) is 109 Å². The van der Waals surface area contributed by atoms with Crippen molar-refractivity contribution in [1.82, 2.24) is 20.1 Å². The van der Waals surface area contributed by atoms with Gasteiger partial charge in [-0.2, -0.15) is 0 Å². The number of benzene rings is 1. The first-order valence-electron chi connectivity index (χ1n) is 16.7. The predicted molar refractivity (Wildman–Crippen MR) is 183 cm³/mol. The molecule has 2 aromatic rings. The first kappa shape index (κ1) is 37.3. The van der Waals surface area contributed by atoms with E-state index < -0.39 is 18.0 Å². The summed E-state index contributed by atoms with van der Waals surface area (Å²) in [6.45, 7) is 12.4. The van der Waals surface area contributed by atoms with Crippen molar-refractivity contribution in [2.75, 3.05) is 20.6 Å². The van der Waals surface area contributed by atoms with Crippen molar-refractivity contribution in [2.24, 2.45) is 17.8 Å². The normalized spacial score (nSPS) is 18.1. The monoisotopic (exact) mass is 654 g/mol. The molecule has 1 aromatic heterocycles. The number of likely N-dealkylation sites (N-methyl/N-ethyl adjacent to an activating group) is 1. The molecule has 2 heterocycles. The molecule has 3 rings (SSSR count). The molecule has 0 aliphatic carbocycles. The summed E-state index contributed by atoms with van der Waals surface area (Å²) in [6.07, 6.45) is 4.30. The zero-order valence-electron chi connectivity index (χ0n) is 29.0. The van der Waals surface area contributed by atoms with Crippen molar-refractivity contribution in [2.45, 2.75) is 111 Å². The molecule has 1 aliphatic rings. The number of carbonyl (C=O) groups is 4. The van der Waals surface area contributed by atoms with Crippen LogP contribution in [0.15, 0.2) is 35.7 Å². The Morgan fingerprint density at radius 1 is 1.07 bits per heavy atom. The molecule has 1 N–H and O–H groups in total. The summed E-state index contributed by atoms with van der Waals surface area (Å²) in [5.41, 5.74) is 1.44. The van der Waals surface area contributed by atoms with Gasteiger partial charge in [0.25, 0.3) is 5.91 Å². The number of amides is 2. The maximum absolute atomic E-state index is 13.6. The van der Waals surface area contributed by atoms with Crippen molar-refractivity contribution >= 4 is 34.9 Å². The summed E-state index contributed by atoms with van der Waals surface area (Å²) in [4.78, 5) is 60.7. The van der Waals surface area contributed by atoms with Gasteiger partial charge in [-0.25, -0.2) is 4.98 Å². The van der Waals surface area contributed by atoms with Crippen molar-refractivity contribution in [3.05, 3.63) is 52.0 Å². The SMILES string of the molecule is CC(=O)O[C@H](C[C@H](C(C)C)N(C)C(=O)[C@H](C)CC(=O)[C@H]1CCCCN1C)c1nc(C(=O)N[C@@H](Cc2ccccc2)CC(C)C)cs1. The summed E-state index contributed by atoms with van der Waals surface area (Å²) in [7, 11) is 3.74. The lowest BCUT2D eigenvalue weighted by Gasteiger charge is -2.35. The van der Waals surface area contributed by atoms with Crippen LogP contribution in [-0.4, -0.2) is 77.1 Å². The average Bonchev–Trinajstić information content (AvgIpc) is 3.49. The zero-order valence-corrected chi connectivity index (χ0v) is 29.8. The summed E-state index contributed by atoms with van der Waals surface area (Å²) < 4.78 is 5.75. The van der Waals surface area contributed by atoms with E-state index in [9.17, 15) is 19.2 Å². The van der Waals surface area contributed by atoms with Gasteiger partial charge in [-0.05, 0) is 56.7 Å². The molecule has 1 aliphatic heterocycles. The molecule has 1 aromatic carbocycles. The highest BCUT2D eigenvalue weighted by molar-refractivity contribution is 7.09. The lowest BCUT2D eigenvalue weighted by molar-refractivity contribution is -0.149. The molecule has 0 radical (unpaired) electrons. The number of hydrogen-bond acceptors (Lipinski definition) is 8. The van der Waals surface area contributed by atoms with E-state index in [1.807, 2.05) is 46.0 Å². The van der Waals surface area contributed by atoms with Crippen molar-refractivity contribution in [3.63, 3.8) is 0 Å². The number of likely N-dealkylation sites (tertiary alicyclic amines) is 1. The first-order valence-corrected chi connectivity index (χ1v) is 17.6. The van der Waals surface area contributed by atoms with E-state index in [4.69, 9.17) is 4.74 Å². The van der Waals surface area contributed by atoms with E-state index in [0.717, 1.165) is 44.2 Å². The number of rotatable bonds is 16. The van der Waals surface area contributed by atoms with Crippen molar-refractivity contribution in [3.8, 4) is 0 Å². The molecule has 0 saturated carbocycles. The molecule has 0 bridgehead atoms. The van der Waals surface area contributed by atoms with Gasteiger partial charge in [0.05, 0.1) is 6.04 Å². The second-order valence-electron chi connectivity index (χ2n) is 13.7. The second-order valence-corrected chi connectivity index (χ2v) is 14.6. The van der Waals surface area contributed by atoms with Crippen LogP contribution in [0.1, 0.15) is 107 Å². The van der Waals surface area contributed by atoms with Crippen LogP contribution in [0.4, 0.5) is 0 Å². The van der Waals surface area contributed by atoms with E-state index in [1.165, 1.54) is 18.3 Å². The lowest BCUT2D eigenvalue weighted by Crippen LogP contribution is -2.46. The van der Waals surface area contributed by atoms with Crippen molar-refractivity contribution in [1.29, 1.82) is 0 Å². The molecule has 2 amide bonds. The Morgan fingerprint density at radius 3 is 2.37 bits per heavy atom. The molecule has 5 atom stereocenters. The van der Waals surface area contributed by atoms with E-state index in [-0.39, 0.29) is 53.8 Å². The summed E-state index contributed by atoms with van der Waals surface area (Å²) >= 11 is 1.28. The van der Waals surface area contributed by atoms with Gasteiger partial charge < -0.3 is 15.0 Å². The number of nitrogens with zero attached hydrogens (tertiary/aromatic N) is 3. The Bertz CT molecular complexity index is 1300. The molecule has 1 saturated heterocycles. The van der Waals surface area contributed by atoms with E-state index in [2.05, 4.69) is 41.2 Å². The molecular weight excluding hydrogens is 600 g/mol. The molecule has 46 heavy (non-hydrogen) atoms. The van der Waals surface area contributed by atoms with Crippen LogP contribution in [0.3, 0.4) is 0 Å². The van der Waals surface area contributed by atoms with Gasteiger partial charge in [-0.1, -0.05) is 71.4 Å². The number of ketones is 1. The Labute approximate surface area is 279 Å². The molecule has 0 unspecified atom stereocenters. The quantitative estimate of drug-likeness (QED) is 0.218. The maximum Gasteiger partial charge on any atom is 0.303 e. The summed E-state index contributed by atoms with van der Waals surface area (Å²) in [6, 6.07) is 9.63. The van der Waals surface area contributed by atoms with Gasteiger partial charge in [-0.3, -0.25) is 24.1 Å². The highest BCUT2D eigenvalue weighted by atomic mass is 32.1. The molecule has 10 heteroatoms. The van der Waals surface area contributed by atoms with Crippen LogP contribution in [0.25, 0.3) is 0 Å². The van der Waals surface area contributed by atoms with Crippen LogP contribution in [0.2, 0.25) is 0 Å². The fourth-order valence-corrected chi connectivity index (χ4v) is 7.31. The Morgan fingerprint density at radius 2 is 1.76 bits per heavy atom. The van der Waals surface area contributed by atoms with Crippen LogP contribution in [-0.2, 0) is 25.5 Å². The summed E-state index contributed by atoms with van der Waals surface area (Å²) in [5.74, 6) is -0.749. The third kappa shape index (κ3) is 11.0. The minimum atomic E-state index is -0.727. The third-order valence-corrected chi connectivity index (χ3v) is 9.83. The van der Waals surface area contributed by atoms with Gasteiger partial charge in [0.15, 0.2) is 11.9 Å². The summed E-state index contributed by atoms with van der Waals surface area (Å²) in [5, 5.41) is 5.38. The standard InChI is InChI=1S/C36H54N4O5S/c1-23(2)18-28(20-27-14-10-9-11-15-27)37-34(43)29-22-46-35(38-29)33(45-26(6)41)21-31(24(3)4)40(8)36(44)25(5)19-32(42)30-16-12-13-17-39(30)7/h9-11,14-15,22-25,28,30-31,33H,12-13,16-21H2,1-8H3,(H,37,43)/t25-,28-,30-,31-,33-/m1/s1. The highest BCUT2D eigenvalue weighted by Gasteiger charge is 2.34. The van der Waals surface area contributed by atoms with Crippen LogP contribution >= 0.6 is 11.3 Å². The van der Waals surface area contributed by atoms with E-state index in [0.29, 0.717) is 17.3 Å². The van der Waals surface area contributed by atoms with Gasteiger partial charge in [0.2, 0.25) is 5.91 Å². The predicted octanol–water partition coefficient (Wildman–Crippen LogP) is 6.09. The number of esters is 1. The fourth-order valence-electron chi connectivity index (χ4n) is 6.47. The van der Waals surface area contributed by atoms with E-state index >= 15 is 0 Å². The molecule has 0 spiro atoms. The largest absolute Gasteiger partial charge is 0.455 e. The van der Waals surface area contributed by atoms with Gasteiger partial charge >= 0.3 is 5.97 Å².